The molecule has 0 atom stereocenters. The number of nitrogens with two attached hydrogens (primary N) is 1. The van der Waals surface area contributed by atoms with E-state index in [4.69, 9.17) is 9.88 Å². The Kier molecular flexibility index (Phi) is 5.58. The molecule has 1 saturated carbocycles. The van der Waals surface area contributed by atoms with E-state index in [9.17, 15) is 13.2 Å². The molecule has 0 radical (unpaired) electrons. The summed E-state index contributed by atoms with van der Waals surface area (Å²) in [7, 11) is -4.05. The van der Waals surface area contributed by atoms with Crippen LogP contribution in [0.4, 0.5) is 0 Å². The first-order valence-electron chi connectivity index (χ1n) is 8.61. The van der Waals surface area contributed by atoms with E-state index in [0.717, 1.165) is 12.8 Å². The number of amides is 1. The number of sulfonamides is 1. The molecule has 0 heterocycles. The highest BCUT2D eigenvalue weighted by Crippen LogP contribution is 2.29. The van der Waals surface area contributed by atoms with Crippen molar-refractivity contribution in [3.63, 3.8) is 0 Å². The first-order valence-corrected chi connectivity index (χ1v) is 10.2. The minimum absolute atomic E-state index is 0.0889. The molecule has 6 nitrogen and oxygen atoms in total. The first kappa shape index (κ1) is 18.4. The van der Waals surface area contributed by atoms with Crippen LogP contribution in [0.3, 0.4) is 0 Å². The smallest absolute Gasteiger partial charge is 0.251 e. The van der Waals surface area contributed by atoms with Crippen LogP contribution in [0.5, 0.6) is 11.5 Å². The molecule has 1 aliphatic rings. The Bertz CT molecular complexity index is 876. The highest BCUT2D eigenvalue weighted by atomic mass is 32.2. The molecular formula is C19H22N2O4S. The predicted octanol–water partition coefficient (Wildman–Crippen LogP) is 3.05. The van der Waals surface area contributed by atoms with Crippen molar-refractivity contribution in [2.75, 3.05) is 6.54 Å². The zero-order valence-electron chi connectivity index (χ0n) is 14.4. The van der Waals surface area contributed by atoms with Crippen LogP contribution in [-0.4, -0.2) is 20.9 Å². The SMILES string of the molecule is NS(=O)(=O)c1cc(C(=O)NCC2CCCC2)ccc1Oc1ccccc1. The minimum Gasteiger partial charge on any atom is -0.456 e. The molecule has 2 aromatic carbocycles. The summed E-state index contributed by atoms with van der Waals surface area (Å²) < 4.78 is 29.5. The zero-order valence-corrected chi connectivity index (χ0v) is 15.2. The van der Waals surface area contributed by atoms with E-state index in [1.807, 2.05) is 6.07 Å². The van der Waals surface area contributed by atoms with E-state index in [2.05, 4.69) is 5.32 Å². The summed E-state index contributed by atoms with van der Waals surface area (Å²) in [6.45, 7) is 0.603. The van der Waals surface area contributed by atoms with E-state index in [1.165, 1.54) is 31.0 Å². The molecule has 3 rings (SSSR count). The van der Waals surface area contributed by atoms with Gasteiger partial charge in [-0.2, -0.15) is 0 Å². The molecule has 0 aromatic heterocycles. The van der Waals surface area contributed by atoms with E-state index in [0.29, 0.717) is 18.2 Å². The Morgan fingerprint density at radius 2 is 1.81 bits per heavy atom. The molecule has 0 unspecified atom stereocenters. The zero-order chi connectivity index (χ0) is 18.6. The number of primary sulfonamides is 1. The molecule has 0 saturated heterocycles. The van der Waals surface area contributed by atoms with Gasteiger partial charge in [0.05, 0.1) is 0 Å². The Morgan fingerprint density at radius 3 is 2.46 bits per heavy atom. The number of benzene rings is 2. The highest BCUT2D eigenvalue weighted by molar-refractivity contribution is 7.89. The summed E-state index contributed by atoms with van der Waals surface area (Å²) >= 11 is 0. The third kappa shape index (κ3) is 4.62. The average Bonchev–Trinajstić information content (AvgIpc) is 3.13. The number of para-hydroxylation sites is 1. The van der Waals surface area contributed by atoms with E-state index in [-0.39, 0.29) is 22.1 Å². The largest absolute Gasteiger partial charge is 0.456 e. The van der Waals surface area contributed by atoms with Crippen LogP contribution in [0.15, 0.2) is 53.4 Å². The second kappa shape index (κ2) is 7.88. The van der Waals surface area contributed by atoms with Crippen molar-refractivity contribution in [3.8, 4) is 11.5 Å². The number of hydrogen-bond acceptors (Lipinski definition) is 4. The van der Waals surface area contributed by atoms with Crippen LogP contribution in [0.2, 0.25) is 0 Å². The van der Waals surface area contributed by atoms with Crippen molar-refractivity contribution >= 4 is 15.9 Å². The van der Waals surface area contributed by atoms with Gasteiger partial charge in [-0.05, 0) is 49.1 Å². The topological polar surface area (TPSA) is 98.5 Å². The van der Waals surface area contributed by atoms with Crippen molar-refractivity contribution in [3.05, 3.63) is 54.1 Å². The standard InChI is InChI=1S/C19H22N2O4S/c20-26(23,24)18-12-15(19(22)21-13-14-6-4-5-7-14)10-11-17(18)25-16-8-2-1-3-9-16/h1-3,8-12,14H,4-7,13H2,(H,21,22)(H2,20,23,24). The Balaban J connectivity index is 1.80. The molecule has 138 valence electrons. The number of ether oxygens (including phenoxy) is 1. The van der Waals surface area contributed by atoms with Crippen LogP contribution in [0.1, 0.15) is 36.0 Å². The Morgan fingerprint density at radius 1 is 1.12 bits per heavy atom. The van der Waals surface area contributed by atoms with Crippen LogP contribution in [-0.2, 0) is 10.0 Å². The van der Waals surface area contributed by atoms with Crippen molar-refractivity contribution in [2.24, 2.45) is 11.1 Å². The first-order chi connectivity index (χ1) is 12.4. The average molecular weight is 374 g/mol. The maximum atomic E-state index is 12.4. The molecule has 1 amide bonds. The van der Waals surface area contributed by atoms with E-state index in [1.54, 1.807) is 24.3 Å². The molecule has 1 fully saturated rings. The number of hydrogen-bond donors (Lipinski definition) is 2. The highest BCUT2D eigenvalue weighted by Gasteiger charge is 2.20. The number of carbonyl (C=O) groups excluding carboxylic acids is 1. The lowest BCUT2D eigenvalue weighted by atomic mass is 10.1. The number of nitrogens with one attached hydrogen (secondary N) is 1. The summed E-state index contributed by atoms with van der Waals surface area (Å²) in [6, 6.07) is 13.0. The van der Waals surface area contributed by atoms with E-state index < -0.39 is 10.0 Å². The maximum absolute atomic E-state index is 12.4. The second-order valence-corrected chi connectivity index (χ2v) is 8.01. The molecule has 3 N–H and O–H groups in total. The van der Waals surface area contributed by atoms with Crippen LogP contribution < -0.4 is 15.2 Å². The van der Waals surface area contributed by atoms with Gasteiger partial charge in [-0.3, -0.25) is 4.79 Å². The van der Waals surface area contributed by atoms with Crippen LogP contribution >= 0.6 is 0 Å². The maximum Gasteiger partial charge on any atom is 0.251 e. The lowest BCUT2D eigenvalue weighted by Gasteiger charge is -2.13. The van der Waals surface area contributed by atoms with Crippen molar-refractivity contribution in [2.45, 2.75) is 30.6 Å². The minimum atomic E-state index is -4.05. The van der Waals surface area contributed by atoms with Crippen molar-refractivity contribution in [1.82, 2.24) is 5.32 Å². The van der Waals surface area contributed by atoms with Crippen molar-refractivity contribution < 1.29 is 17.9 Å². The molecule has 0 bridgehead atoms. The molecule has 7 heteroatoms. The third-order valence-electron chi connectivity index (χ3n) is 4.51. The molecular weight excluding hydrogens is 352 g/mol. The Hall–Kier alpha value is -2.38. The van der Waals surface area contributed by atoms with Gasteiger partial charge >= 0.3 is 0 Å². The summed E-state index contributed by atoms with van der Waals surface area (Å²) in [6.07, 6.45) is 4.63. The predicted molar refractivity (Wildman–Crippen MR) is 98.6 cm³/mol. The Labute approximate surface area is 153 Å². The van der Waals surface area contributed by atoms with Gasteiger partial charge < -0.3 is 10.1 Å². The molecule has 0 aliphatic heterocycles. The number of carbonyl (C=O) groups is 1. The second-order valence-electron chi connectivity index (χ2n) is 6.48. The quantitative estimate of drug-likeness (QED) is 0.812. The lowest BCUT2D eigenvalue weighted by Crippen LogP contribution is -2.28. The normalized spacial score (nSPS) is 15.0. The van der Waals surface area contributed by atoms with Gasteiger partial charge in [0.2, 0.25) is 10.0 Å². The summed E-state index contributed by atoms with van der Waals surface area (Å²) in [5.74, 6) is 0.757. The van der Waals surface area contributed by atoms with Gasteiger partial charge in [0.25, 0.3) is 5.91 Å². The number of rotatable bonds is 6. The van der Waals surface area contributed by atoms with Gasteiger partial charge in [-0.25, -0.2) is 13.6 Å². The van der Waals surface area contributed by atoms with E-state index >= 15 is 0 Å². The molecule has 26 heavy (non-hydrogen) atoms. The summed E-state index contributed by atoms with van der Waals surface area (Å²) in [4.78, 5) is 12.1. The molecule has 2 aromatic rings. The van der Waals surface area contributed by atoms with Crippen LogP contribution in [0.25, 0.3) is 0 Å². The fourth-order valence-corrected chi connectivity index (χ4v) is 3.81. The van der Waals surface area contributed by atoms with Gasteiger partial charge in [0.15, 0.2) is 0 Å². The molecule has 0 spiro atoms. The summed E-state index contributed by atoms with van der Waals surface area (Å²) in [5.41, 5.74) is 0.243. The van der Waals surface area contributed by atoms with Gasteiger partial charge in [0.1, 0.15) is 16.4 Å². The van der Waals surface area contributed by atoms with Gasteiger partial charge in [0, 0.05) is 12.1 Å². The van der Waals surface area contributed by atoms with Gasteiger partial charge in [-0.15, -0.1) is 0 Å². The van der Waals surface area contributed by atoms with Crippen molar-refractivity contribution in [1.29, 1.82) is 0 Å². The molecule has 1 aliphatic carbocycles. The fourth-order valence-electron chi connectivity index (χ4n) is 3.13. The fraction of sp³-hybridized carbons (Fsp3) is 0.316. The lowest BCUT2D eigenvalue weighted by molar-refractivity contribution is 0.0947. The summed E-state index contributed by atoms with van der Waals surface area (Å²) in [5, 5.41) is 8.19. The van der Waals surface area contributed by atoms with Crippen LogP contribution in [0, 0.1) is 5.92 Å². The monoisotopic (exact) mass is 374 g/mol. The third-order valence-corrected chi connectivity index (χ3v) is 5.44. The van der Waals surface area contributed by atoms with Gasteiger partial charge in [-0.1, -0.05) is 31.0 Å².